The van der Waals surface area contributed by atoms with Gasteiger partial charge in [-0.1, -0.05) is 0 Å². The molecule has 1 aliphatic heterocycles. The monoisotopic (exact) mass is 333 g/mol. The van der Waals surface area contributed by atoms with Crippen molar-refractivity contribution in [2.24, 2.45) is 0 Å². The summed E-state index contributed by atoms with van der Waals surface area (Å²) in [6, 6.07) is 8.37. The SMILES string of the molecule is Nc1ncc(Br)c(Nc2ccc(N3CCCC3)cc2)n1. The first-order valence-electron chi connectivity index (χ1n) is 6.62. The fraction of sp³-hybridized carbons (Fsp3) is 0.286. The molecule has 2 aromatic rings. The molecule has 0 amide bonds. The molecule has 20 heavy (non-hydrogen) atoms. The lowest BCUT2D eigenvalue weighted by atomic mass is 10.2. The Kier molecular flexibility index (Phi) is 3.73. The standard InChI is InChI=1S/C14H16BrN5/c15-12-9-17-14(16)19-13(12)18-10-3-5-11(6-4-10)20-7-1-2-8-20/h3-6,9H,1-2,7-8H2,(H3,16,17,18,19). The molecule has 1 aromatic heterocycles. The Labute approximate surface area is 126 Å². The zero-order chi connectivity index (χ0) is 13.9. The number of nitrogens with zero attached hydrogens (tertiary/aromatic N) is 3. The third-order valence-corrected chi connectivity index (χ3v) is 3.94. The second-order valence-electron chi connectivity index (χ2n) is 4.79. The smallest absolute Gasteiger partial charge is 0.222 e. The number of nitrogen functional groups attached to an aromatic ring is 1. The van der Waals surface area contributed by atoms with Gasteiger partial charge in [-0.05, 0) is 53.0 Å². The van der Waals surface area contributed by atoms with Crippen LogP contribution in [0.3, 0.4) is 0 Å². The van der Waals surface area contributed by atoms with Crippen LogP contribution in [0.4, 0.5) is 23.1 Å². The van der Waals surface area contributed by atoms with E-state index in [0.717, 1.165) is 23.2 Å². The first kappa shape index (κ1) is 13.2. The molecule has 0 spiro atoms. The van der Waals surface area contributed by atoms with Crippen LogP contribution in [0, 0.1) is 0 Å². The van der Waals surface area contributed by atoms with Crippen molar-refractivity contribution in [2.75, 3.05) is 29.0 Å². The van der Waals surface area contributed by atoms with Crippen LogP contribution >= 0.6 is 15.9 Å². The van der Waals surface area contributed by atoms with Crippen LogP contribution in [0.15, 0.2) is 34.9 Å². The molecule has 0 bridgehead atoms. The summed E-state index contributed by atoms with van der Waals surface area (Å²) < 4.78 is 0.787. The van der Waals surface area contributed by atoms with Gasteiger partial charge < -0.3 is 16.0 Å². The van der Waals surface area contributed by atoms with Gasteiger partial charge in [0.2, 0.25) is 5.95 Å². The predicted octanol–water partition coefficient (Wildman–Crippen LogP) is 3.17. The quantitative estimate of drug-likeness (QED) is 0.902. The summed E-state index contributed by atoms with van der Waals surface area (Å²) in [5, 5.41) is 3.23. The number of nitrogens with one attached hydrogen (secondary N) is 1. The van der Waals surface area contributed by atoms with E-state index in [0.29, 0.717) is 5.82 Å². The summed E-state index contributed by atoms with van der Waals surface area (Å²) in [6.45, 7) is 2.31. The van der Waals surface area contributed by atoms with Gasteiger partial charge in [-0.2, -0.15) is 4.98 Å². The van der Waals surface area contributed by atoms with Crippen molar-refractivity contribution < 1.29 is 0 Å². The molecule has 1 aromatic carbocycles. The van der Waals surface area contributed by atoms with Gasteiger partial charge >= 0.3 is 0 Å². The largest absolute Gasteiger partial charge is 0.372 e. The van der Waals surface area contributed by atoms with E-state index < -0.39 is 0 Å². The lowest BCUT2D eigenvalue weighted by Crippen LogP contribution is -2.17. The van der Waals surface area contributed by atoms with Crippen LogP contribution in [-0.2, 0) is 0 Å². The number of nitrogens with two attached hydrogens (primary N) is 1. The molecular formula is C14H16BrN5. The van der Waals surface area contributed by atoms with E-state index in [9.17, 15) is 0 Å². The maximum Gasteiger partial charge on any atom is 0.222 e. The summed E-state index contributed by atoms with van der Waals surface area (Å²) in [6.07, 6.45) is 4.21. The van der Waals surface area contributed by atoms with Gasteiger partial charge in [-0.15, -0.1) is 0 Å². The van der Waals surface area contributed by atoms with Crippen molar-refractivity contribution in [3.05, 3.63) is 34.9 Å². The van der Waals surface area contributed by atoms with Crippen molar-refractivity contribution in [1.82, 2.24) is 9.97 Å². The summed E-state index contributed by atoms with van der Waals surface area (Å²) in [5.74, 6) is 0.927. The zero-order valence-corrected chi connectivity index (χ0v) is 12.6. The lowest BCUT2D eigenvalue weighted by molar-refractivity contribution is 0.949. The molecule has 0 atom stereocenters. The highest BCUT2D eigenvalue weighted by molar-refractivity contribution is 9.10. The second-order valence-corrected chi connectivity index (χ2v) is 5.65. The molecule has 1 saturated heterocycles. The van der Waals surface area contributed by atoms with Crippen LogP contribution in [0.5, 0.6) is 0 Å². The zero-order valence-electron chi connectivity index (χ0n) is 11.0. The highest BCUT2D eigenvalue weighted by Crippen LogP contribution is 2.26. The van der Waals surface area contributed by atoms with Gasteiger partial charge in [0, 0.05) is 30.7 Å². The minimum Gasteiger partial charge on any atom is -0.372 e. The van der Waals surface area contributed by atoms with Gasteiger partial charge in [-0.25, -0.2) is 4.98 Å². The molecule has 0 aliphatic carbocycles. The average Bonchev–Trinajstić information content (AvgIpc) is 2.98. The van der Waals surface area contributed by atoms with E-state index in [-0.39, 0.29) is 5.95 Å². The third-order valence-electron chi connectivity index (χ3n) is 3.36. The summed E-state index contributed by atoms with van der Waals surface area (Å²) in [7, 11) is 0. The van der Waals surface area contributed by atoms with Crippen molar-refractivity contribution in [2.45, 2.75) is 12.8 Å². The molecule has 0 radical (unpaired) electrons. The van der Waals surface area contributed by atoms with Gasteiger partial charge in [0.1, 0.15) is 5.82 Å². The van der Waals surface area contributed by atoms with Crippen LogP contribution < -0.4 is 16.0 Å². The predicted molar refractivity (Wildman–Crippen MR) is 85.3 cm³/mol. The fourth-order valence-corrected chi connectivity index (χ4v) is 2.63. The third kappa shape index (κ3) is 2.85. The highest BCUT2D eigenvalue weighted by atomic mass is 79.9. The Morgan fingerprint density at radius 3 is 2.55 bits per heavy atom. The van der Waals surface area contributed by atoms with Gasteiger partial charge in [-0.3, -0.25) is 0 Å². The van der Waals surface area contributed by atoms with Gasteiger partial charge in [0.25, 0.3) is 0 Å². The molecule has 3 N–H and O–H groups in total. The maximum atomic E-state index is 5.60. The van der Waals surface area contributed by atoms with E-state index in [2.05, 4.69) is 60.4 Å². The summed E-state index contributed by atoms with van der Waals surface area (Å²) in [5.41, 5.74) is 7.85. The molecule has 5 nitrogen and oxygen atoms in total. The number of hydrogen-bond acceptors (Lipinski definition) is 5. The van der Waals surface area contributed by atoms with Crippen molar-refractivity contribution in [1.29, 1.82) is 0 Å². The normalized spacial score (nSPS) is 14.6. The number of rotatable bonds is 3. The Morgan fingerprint density at radius 2 is 1.85 bits per heavy atom. The maximum absolute atomic E-state index is 5.60. The summed E-state index contributed by atoms with van der Waals surface area (Å²) >= 11 is 3.40. The second kappa shape index (κ2) is 5.66. The lowest BCUT2D eigenvalue weighted by Gasteiger charge is -2.18. The number of anilines is 4. The van der Waals surface area contributed by atoms with Crippen molar-refractivity contribution in [3.63, 3.8) is 0 Å². The molecular weight excluding hydrogens is 318 g/mol. The van der Waals surface area contributed by atoms with Crippen molar-refractivity contribution >= 4 is 39.1 Å². The molecule has 6 heteroatoms. The van der Waals surface area contributed by atoms with E-state index >= 15 is 0 Å². The van der Waals surface area contributed by atoms with Gasteiger partial charge in [0.15, 0.2) is 0 Å². The number of halogens is 1. The van der Waals surface area contributed by atoms with Crippen LogP contribution in [0.25, 0.3) is 0 Å². The molecule has 0 unspecified atom stereocenters. The van der Waals surface area contributed by atoms with Crippen molar-refractivity contribution in [3.8, 4) is 0 Å². The average molecular weight is 334 g/mol. The van der Waals surface area contributed by atoms with Crippen LogP contribution in [0.2, 0.25) is 0 Å². The van der Waals surface area contributed by atoms with E-state index in [1.165, 1.54) is 18.5 Å². The van der Waals surface area contributed by atoms with Crippen LogP contribution in [-0.4, -0.2) is 23.1 Å². The summed E-state index contributed by atoms with van der Waals surface area (Å²) in [4.78, 5) is 10.5. The Balaban J connectivity index is 1.76. The first-order chi connectivity index (χ1) is 9.72. The highest BCUT2D eigenvalue weighted by Gasteiger charge is 2.12. The van der Waals surface area contributed by atoms with E-state index in [1.54, 1.807) is 6.20 Å². The molecule has 1 fully saturated rings. The first-order valence-corrected chi connectivity index (χ1v) is 7.42. The molecule has 0 saturated carbocycles. The molecule has 104 valence electrons. The Morgan fingerprint density at radius 1 is 1.15 bits per heavy atom. The Hall–Kier alpha value is -1.82. The Bertz CT molecular complexity index is 593. The van der Waals surface area contributed by atoms with E-state index in [4.69, 9.17) is 5.73 Å². The number of benzene rings is 1. The number of aromatic nitrogens is 2. The minimum atomic E-state index is 0.254. The molecule has 2 heterocycles. The minimum absolute atomic E-state index is 0.254. The fourth-order valence-electron chi connectivity index (χ4n) is 2.34. The molecule has 3 rings (SSSR count). The topological polar surface area (TPSA) is 67.1 Å². The van der Waals surface area contributed by atoms with Crippen LogP contribution in [0.1, 0.15) is 12.8 Å². The molecule has 1 aliphatic rings. The van der Waals surface area contributed by atoms with E-state index in [1.807, 2.05) is 0 Å². The van der Waals surface area contributed by atoms with Gasteiger partial charge in [0.05, 0.1) is 4.47 Å². The number of hydrogen-bond donors (Lipinski definition) is 2.